The maximum absolute atomic E-state index is 8.78. The van der Waals surface area contributed by atoms with Crippen LogP contribution in [0.2, 0.25) is 0 Å². The fraction of sp³-hybridized carbons (Fsp3) is 0.500. The van der Waals surface area contributed by atoms with Crippen LogP contribution in [0.4, 0.5) is 0 Å². The van der Waals surface area contributed by atoms with E-state index < -0.39 is 0 Å². The van der Waals surface area contributed by atoms with E-state index >= 15 is 0 Å². The lowest BCUT2D eigenvalue weighted by molar-refractivity contribution is 0.0627. The molecule has 19 heavy (non-hydrogen) atoms. The Labute approximate surface area is 114 Å². The predicted octanol–water partition coefficient (Wildman–Crippen LogP) is 1.64. The summed E-state index contributed by atoms with van der Waals surface area (Å²) >= 11 is 0. The molecule has 0 atom stereocenters. The van der Waals surface area contributed by atoms with Gasteiger partial charge in [-0.25, -0.2) is 0 Å². The van der Waals surface area contributed by atoms with Crippen LogP contribution in [0.1, 0.15) is 25.0 Å². The van der Waals surface area contributed by atoms with Crippen molar-refractivity contribution in [1.29, 1.82) is 0 Å². The molecule has 106 valence electrons. The molecule has 0 amide bonds. The summed E-state index contributed by atoms with van der Waals surface area (Å²) in [5.74, 6) is 0.141. The van der Waals surface area contributed by atoms with Gasteiger partial charge < -0.3 is 15.7 Å². The topological polar surface area (TPSA) is 71.1 Å². The average Bonchev–Trinajstić information content (AvgIpc) is 2.38. The van der Waals surface area contributed by atoms with Crippen molar-refractivity contribution in [3.05, 3.63) is 35.4 Å². The van der Waals surface area contributed by atoms with Crippen LogP contribution in [0.25, 0.3) is 0 Å². The van der Waals surface area contributed by atoms with Gasteiger partial charge in [-0.15, -0.1) is 0 Å². The summed E-state index contributed by atoms with van der Waals surface area (Å²) in [6.07, 6.45) is 0.248. The van der Waals surface area contributed by atoms with E-state index in [4.69, 9.17) is 15.7 Å². The van der Waals surface area contributed by atoms with E-state index in [9.17, 15) is 0 Å². The Morgan fingerprint density at radius 3 is 2.74 bits per heavy atom. The highest BCUT2D eigenvalue weighted by molar-refractivity contribution is 5.98. The van der Waals surface area contributed by atoms with Gasteiger partial charge in [-0.2, -0.15) is 0 Å². The summed E-state index contributed by atoms with van der Waals surface area (Å²) in [4.78, 5) is 2.14. The van der Waals surface area contributed by atoms with Gasteiger partial charge in [0.1, 0.15) is 0 Å². The summed E-state index contributed by atoms with van der Waals surface area (Å²) < 4.78 is 5.52. The van der Waals surface area contributed by atoms with Crippen LogP contribution >= 0.6 is 0 Å². The van der Waals surface area contributed by atoms with Gasteiger partial charge in [0, 0.05) is 18.7 Å². The molecule has 0 aliphatic carbocycles. The Hall–Kier alpha value is -1.59. The van der Waals surface area contributed by atoms with Crippen molar-refractivity contribution in [2.75, 3.05) is 20.2 Å². The van der Waals surface area contributed by atoms with Gasteiger partial charge in [0.2, 0.25) is 0 Å². The minimum Gasteiger partial charge on any atom is -0.409 e. The Balaban J connectivity index is 2.61. The van der Waals surface area contributed by atoms with E-state index in [1.54, 1.807) is 0 Å². The van der Waals surface area contributed by atoms with Gasteiger partial charge in [-0.3, -0.25) is 4.90 Å². The zero-order chi connectivity index (χ0) is 14.3. The molecule has 0 saturated heterocycles. The second kappa shape index (κ2) is 7.76. The summed E-state index contributed by atoms with van der Waals surface area (Å²) in [5, 5.41) is 11.8. The lowest BCUT2D eigenvalue weighted by Crippen LogP contribution is -2.26. The molecule has 1 aromatic rings. The molecule has 1 rings (SSSR count). The first-order chi connectivity index (χ1) is 9.04. The summed E-state index contributed by atoms with van der Waals surface area (Å²) in [7, 11) is 2.02. The molecular weight excluding hydrogens is 242 g/mol. The maximum atomic E-state index is 8.78. The Morgan fingerprint density at radius 2 is 2.11 bits per heavy atom. The van der Waals surface area contributed by atoms with Crippen LogP contribution < -0.4 is 5.73 Å². The Bertz CT molecular complexity index is 419. The van der Waals surface area contributed by atoms with Crippen LogP contribution in [-0.2, 0) is 11.3 Å². The second-order valence-corrected chi connectivity index (χ2v) is 4.80. The quantitative estimate of drug-likeness (QED) is 0.340. The highest BCUT2D eigenvalue weighted by Crippen LogP contribution is 2.10. The van der Waals surface area contributed by atoms with Crippen molar-refractivity contribution in [2.45, 2.75) is 26.5 Å². The van der Waals surface area contributed by atoms with Crippen LogP contribution in [0.15, 0.2) is 29.4 Å². The second-order valence-electron chi connectivity index (χ2n) is 4.80. The number of oxime groups is 1. The van der Waals surface area contributed by atoms with Gasteiger partial charge in [0.15, 0.2) is 5.84 Å². The molecule has 0 heterocycles. The first-order valence-electron chi connectivity index (χ1n) is 6.40. The van der Waals surface area contributed by atoms with E-state index in [0.717, 1.165) is 24.2 Å². The third-order valence-electron chi connectivity index (χ3n) is 2.77. The molecule has 0 fully saturated rings. The summed E-state index contributed by atoms with van der Waals surface area (Å²) in [6, 6.07) is 7.65. The van der Waals surface area contributed by atoms with E-state index in [1.165, 1.54) is 0 Å². The first-order valence-corrected chi connectivity index (χ1v) is 6.40. The number of likely N-dealkylation sites (N-methyl/N-ethyl adjacent to an activating group) is 1. The zero-order valence-corrected chi connectivity index (χ0v) is 11.8. The number of nitrogens with zero attached hydrogens (tertiary/aromatic N) is 2. The summed E-state index contributed by atoms with van der Waals surface area (Å²) in [6.45, 7) is 6.30. The van der Waals surface area contributed by atoms with Crippen molar-refractivity contribution in [2.24, 2.45) is 10.9 Å². The normalized spacial score (nSPS) is 12.4. The maximum Gasteiger partial charge on any atom is 0.170 e. The molecule has 0 saturated carbocycles. The number of hydrogen-bond acceptors (Lipinski definition) is 4. The van der Waals surface area contributed by atoms with Crippen LogP contribution in [-0.4, -0.2) is 42.2 Å². The molecule has 5 nitrogen and oxygen atoms in total. The fourth-order valence-electron chi connectivity index (χ4n) is 1.78. The summed E-state index contributed by atoms with van der Waals surface area (Å²) in [5.41, 5.74) is 7.47. The largest absolute Gasteiger partial charge is 0.409 e. The van der Waals surface area contributed by atoms with Gasteiger partial charge in [0.05, 0.1) is 12.7 Å². The third-order valence-corrected chi connectivity index (χ3v) is 2.77. The Kier molecular flexibility index (Phi) is 6.32. The number of amidine groups is 1. The zero-order valence-electron chi connectivity index (χ0n) is 11.8. The molecule has 0 aromatic heterocycles. The number of ether oxygens (including phenoxy) is 1. The highest BCUT2D eigenvalue weighted by atomic mass is 16.5. The van der Waals surface area contributed by atoms with Gasteiger partial charge in [-0.1, -0.05) is 29.4 Å². The lowest BCUT2D eigenvalue weighted by Gasteiger charge is -2.19. The van der Waals surface area contributed by atoms with E-state index in [0.29, 0.717) is 6.61 Å². The molecule has 3 N–H and O–H groups in total. The van der Waals surface area contributed by atoms with Gasteiger partial charge in [-0.05, 0) is 26.5 Å². The SMILES string of the molecule is CC(C)OCCN(C)Cc1ccccc1/C(N)=N/O. The van der Waals surface area contributed by atoms with Crippen molar-refractivity contribution in [1.82, 2.24) is 4.90 Å². The lowest BCUT2D eigenvalue weighted by atomic mass is 10.1. The molecular formula is C14H23N3O2. The van der Waals surface area contributed by atoms with Gasteiger partial charge >= 0.3 is 0 Å². The first kappa shape index (κ1) is 15.5. The number of rotatable bonds is 7. The molecule has 5 heteroatoms. The van der Waals surface area contributed by atoms with Crippen molar-refractivity contribution in [3.8, 4) is 0 Å². The van der Waals surface area contributed by atoms with E-state index in [-0.39, 0.29) is 11.9 Å². The van der Waals surface area contributed by atoms with E-state index in [2.05, 4.69) is 10.1 Å². The van der Waals surface area contributed by atoms with Gasteiger partial charge in [0.25, 0.3) is 0 Å². The number of benzene rings is 1. The van der Waals surface area contributed by atoms with Crippen LogP contribution in [0.5, 0.6) is 0 Å². The molecule has 1 aromatic carbocycles. The molecule has 0 unspecified atom stereocenters. The molecule has 0 radical (unpaired) electrons. The monoisotopic (exact) mass is 265 g/mol. The predicted molar refractivity (Wildman–Crippen MR) is 76.4 cm³/mol. The minimum atomic E-state index is 0.141. The number of hydrogen-bond donors (Lipinski definition) is 2. The minimum absolute atomic E-state index is 0.141. The molecule has 0 spiro atoms. The van der Waals surface area contributed by atoms with E-state index in [1.807, 2.05) is 45.2 Å². The third kappa shape index (κ3) is 5.28. The van der Waals surface area contributed by atoms with Crippen LogP contribution in [0.3, 0.4) is 0 Å². The van der Waals surface area contributed by atoms with Crippen molar-refractivity contribution >= 4 is 5.84 Å². The average molecular weight is 265 g/mol. The fourth-order valence-corrected chi connectivity index (χ4v) is 1.78. The standard InChI is InChI=1S/C14H23N3O2/c1-11(2)19-9-8-17(3)10-12-6-4-5-7-13(12)14(15)16-18/h4-7,11,18H,8-10H2,1-3H3,(H2,15,16). The van der Waals surface area contributed by atoms with Crippen LogP contribution in [0, 0.1) is 0 Å². The Morgan fingerprint density at radius 1 is 1.42 bits per heavy atom. The van der Waals surface area contributed by atoms with Crippen molar-refractivity contribution in [3.63, 3.8) is 0 Å². The highest BCUT2D eigenvalue weighted by Gasteiger charge is 2.08. The van der Waals surface area contributed by atoms with Crippen molar-refractivity contribution < 1.29 is 9.94 Å². The molecule has 0 aliphatic rings. The molecule has 0 aliphatic heterocycles. The number of nitrogens with two attached hydrogens (primary N) is 1. The molecule has 0 bridgehead atoms. The smallest absolute Gasteiger partial charge is 0.170 e.